The molecular formula is C16H30N4O. The van der Waals surface area contributed by atoms with E-state index in [1.54, 1.807) is 13.3 Å². The van der Waals surface area contributed by atoms with Crippen LogP contribution in [-0.4, -0.2) is 40.4 Å². The minimum absolute atomic E-state index is 0.0549. The number of rotatable bonds is 6. The van der Waals surface area contributed by atoms with Crippen LogP contribution < -0.4 is 10.5 Å². The van der Waals surface area contributed by atoms with Crippen LogP contribution in [0.1, 0.15) is 58.2 Å². The molecule has 1 aromatic heterocycles. The number of methoxy groups -OCH3 is 1. The van der Waals surface area contributed by atoms with Crippen molar-refractivity contribution in [2.75, 3.05) is 20.2 Å². The summed E-state index contributed by atoms with van der Waals surface area (Å²) in [6, 6.07) is -0.0991. The molecule has 0 spiro atoms. The lowest BCUT2D eigenvalue weighted by atomic mass is 9.84. The van der Waals surface area contributed by atoms with Crippen LogP contribution in [0.5, 0.6) is 5.75 Å². The van der Waals surface area contributed by atoms with Gasteiger partial charge in [-0.05, 0) is 46.2 Å². The van der Waals surface area contributed by atoms with Crippen molar-refractivity contribution in [1.82, 2.24) is 14.7 Å². The number of aromatic nitrogens is 2. The number of hydrogen-bond donors (Lipinski definition) is 1. The maximum Gasteiger partial charge on any atom is 0.161 e. The molecule has 2 rings (SSSR count). The van der Waals surface area contributed by atoms with E-state index < -0.39 is 0 Å². The van der Waals surface area contributed by atoms with E-state index >= 15 is 0 Å². The molecule has 0 saturated carbocycles. The lowest BCUT2D eigenvalue weighted by Crippen LogP contribution is -2.55. The third-order valence-corrected chi connectivity index (χ3v) is 5.12. The van der Waals surface area contributed by atoms with Crippen LogP contribution in [0.25, 0.3) is 0 Å². The fourth-order valence-electron chi connectivity index (χ4n) is 3.44. The molecule has 5 nitrogen and oxygen atoms in total. The molecule has 1 saturated heterocycles. The molecule has 1 aliphatic heterocycles. The summed E-state index contributed by atoms with van der Waals surface area (Å²) >= 11 is 0. The van der Waals surface area contributed by atoms with Crippen LogP contribution in [-0.2, 0) is 6.54 Å². The first kappa shape index (κ1) is 16.3. The van der Waals surface area contributed by atoms with E-state index in [9.17, 15) is 0 Å². The summed E-state index contributed by atoms with van der Waals surface area (Å²) in [6.07, 6.45) is 6.68. The zero-order chi connectivity index (χ0) is 15.5. The van der Waals surface area contributed by atoms with Gasteiger partial charge in [-0.2, -0.15) is 5.10 Å². The third-order valence-electron chi connectivity index (χ3n) is 5.12. The van der Waals surface area contributed by atoms with Gasteiger partial charge in [0.15, 0.2) is 5.75 Å². The highest BCUT2D eigenvalue weighted by atomic mass is 16.5. The van der Waals surface area contributed by atoms with Gasteiger partial charge >= 0.3 is 0 Å². The summed E-state index contributed by atoms with van der Waals surface area (Å²) in [5.74, 6) is 0.807. The number of nitrogens with two attached hydrogens (primary N) is 1. The molecule has 1 fully saturated rings. The lowest BCUT2D eigenvalue weighted by Gasteiger charge is -2.46. The molecule has 21 heavy (non-hydrogen) atoms. The van der Waals surface area contributed by atoms with Gasteiger partial charge in [-0.15, -0.1) is 0 Å². The Bertz CT molecular complexity index is 432. The van der Waals surface area contributed by atoms with Crippen molar-refractivity contribution in [3.63, 3.8) is 0 Å². The van der Waals surface area contributed by atoms with E-state index in [1.807, 2.05) is 4.68 Å². The van der Waals surface area contributed by atoms with Crippen molar-refractivity contribution in [2.24, 2.45) is 5.73 Å². The maximum atomic E-state index is 6.73. The average Bonchev–Trinajstić information content (AvgIpc) is 2.97. The molecule has 2 heterocycles. The van der Waals surface area contributed by atoms with Gasteiger partial charge in [-0.25, -0.2) is 0 Å². The monoisotopic (exact) mass is 294 g/mol. The summed E-state index contributed by atoms with van der Waals surface area (Å²) in [7, 11) is 1.69. The van der Waals surface area contributed by atoms with Gasteiger partial charge in [0.25, 0.3) is 0 Å². The van der Waals surface area contributed by atoms with Gasteiger partial charge in [-0.3, -0.25) is 9.58 Å². The smallest absolute Gasteiger partial charge is 0.161 e. The van der Waals surface area contributed by atoms with E-state index in [2.05, 4.69) is 30.8 Å². The van der Waals surface area contributed by atoms with Gasteiger partial charge in [0.1, 0.15) is 0 Å². The molecule has 0 radical (unpaired) electrons. The molecule has 5 heteroatoms. The van der Waals surface area contributed by atoms with Crippen molar-refractivity contribution in [1.29, 1.82) is 0 Å². The van der Waals surface area contributed by atoms with Crippen LogP contribution >= 0.6 is 0 Å². The second-order valence-corrected chi connectivity index (χ2v) is 6.15. The van der Waals surface area contributed by atoms with Crippen molar-refractivity contribution >= 4 is 0 Å². The highest BCUT2D eigenvalue weighted by Crippen LogP contribution is 2.37. The van der Waals surface area contributed by atoms with Crippen molar-refractivity contribution in [3.05, 3.63) is 11.9 Å². The van der Waals surface area contributed by atoms with Crippen LogP contribution in [0.15, 0.2) is 6.20 Å². The second-order valence-electron chi connectivity index (χ2n) is 6.15. The Hall–Kier alpha value is -1.07. The van der Waals surface area contributed by atoms with Crippen LogP contribution in [0.3, 0.4) is 0 Å². The molecule has 2 unspecified atom stereocenters. The molecule has 0 bridgehead atoms. The number of hydrogen-bond acceptors (Lipinski definition) is 4. The highest BCUT2D eigenvalue weighted by molar-refractivity contribution is 5.31. The summed E-state index contributed by atoms with van der Waals surface area (Å²) in [4.78, 5) is 2.56. The average molecular weight is 294 g/mol. The van der Waals surface area contributed by atoms with E-state index in [0.717, 1.165) is 37.5 Å². The number of nitrogens with zero attached hydrogens (tertiary/aromatic N) is 3. The third kappa shape index (κ3) is 2.94. The molecule has 2 N–H and O–H groups in total. The van der Waals surface area contributed by atoms with E-state index in [-0.39, 0.29) is 11.6 Å². The first-order chi connectivity index (χ1) is 10.1. The minimum Gasteiger partial charge on any atom is -0.493 e. The van der Waals surface area contributed by atoms with Crippen LogP contribution in [0, 0.1) is 0 Å². The number of likely N-dealkylation sites (tertiary alicyclic amines) is 1. The molecule has 0 amide bonds. The van der Waals surface area contributed by atoms with Gasteiger partial charge in [-0.1, -0.05) is 13.3 Å². The SMILES string of the molecule is CCn1ncc(OC)c1C(N)C(C)(CC)N1CCCCC1. The summed E-state index contributed by atoms with van der Waals surface area (Å²) < 4.78 is 7.47. The first-order valence-electron chi connectivity index (χ1n) is 8.18. The standard InChI is InChI=1S/C16H30N4O/c1-5-16(3,19-10-8-7-9-11-19)15(17)14-13(21-4)12-18-20(14)6-2/h12,15H,5-11,17H2,1-4H3. The van der Waals surface area contributed by atoms with E-state index in [1.165, 1.54) is 19.3 Å². The fraction of sp³-hybridized carbons (Fsp3) is 0.812. The van der Waals surface area contributed by atoms with Crippen molar-refractivity contribution < 1.29 is 4.74 Å². The Morgan fingerprint density at radius 1 is 1.33 bits per heavy atom. The Morgan fingerprint density at radius 3 is 2.52 bits per heavy atom. The zero-order valence-corrected chi connectivity index (χ0v) is 13.9. The number of ether oxygens (including phenoxy) is 1. The molecule has 0 aromatic carbocycles. The van der Waals surface area contributed by atoms with Gasteiger partial charge < -0.3 is 10.5 Å². The van der Waals surface area contributed by atoms with E-state index in [4.69, 9.17) is 10.5 Å². The summed E-state index contributed by atoms with van der Waals surface area (Å²) in [5, 5.41) is 4.41. The first-order valence-corrected chi connectivity index (χ1v) is 8.18. The molecule has 2 atom stereocenters. The lowest BCUT2D eigenvalue weighted by molar-refractivity contribution is 0.0511. The van der Waals surface area contributed by atoms with Gasteiger partial charge in [0, 0.05) is 12.1 Å². The van der Waals surface area contributed by atoms with Crippen LogP contribution in [0.2, 0.25) is 0 Å². The quantitative estimate of drug-likeness (QED) is 0.876. The van der Waals surface area contributed by atoms with Crippen LogP contribution in [0.4, 0.5) is 0 Å². The predicted octanol–water partition coefficient (Wildman–Crippen LogP) is 2.57. The zero-order valence-electron chi connectivity index (χ0n) is 13.9. The number of aryl methyl sites for hydroxylation is 1. The van der Waals surface area contributed by atoms with E-state index in [0.29, 0.717) is 0 Å². The number of piperidine rings is 1. The fourth-order valence-corrected chi connectivity index (χ4v) is 3.44. The largest absolute Gasteiger partial charge is 0.493 e. The molecule has 0 aliphatic carbocycles. The van der Waals surface area contributed by atoms with Crippen molar-refractivity contribution in [3.8, 4) is 5.75 Å². The minimum atomic E-state index is -0.0991. The van der Waals surface area contributed by atoms with Gasteiger partial charge in [0.05, 0.1) is 25.0 Å². The molecule has 1 aliphatic rings. The Balaban J connectivity index is 2.34. The maximum absolute atomic E-state index is 6.73. The Morgan fingerprint density at radius 2 is 2.00 bits per heavy atom. The van der Waals surface area contributed by atoms with Crippen molar-refractivity contribution in [2.45, 2.75) is 64.6 Å². The summed E-state index contributed by atoms with van der Waals surface area (Å²) in [5.41, 5.74) is 7.70. The second kappa shape index (κ2) is 6.79. The summed E-state index contributed by atoms with van der Waals surface area (Å²) in [6.45, 7) is 9.70. The predicted molar refractivity (Wildman–Crippen MR) is 85.5 cm³/mol. The highest BCUT2D eigenvalue weighted by Gasteiger charge is 2.40. The molecule has 120 valence electrons. The van der Waals surface area contributed by atoms with Gasteiger partial charge in [0.2, 0.25) is 0 Å². The normalized spacial score (nSPS) is 21.0. The topological polar surface area (TPSA) is 56.3 Å². The molecular weight excluding hydrogens is 264 g/mol. The Labute approximate surface area is 128 Å². The molecule has 1 aromatic rings. The Kier molecular flexibility index (Phi) is 5.27.